The van der Waals surface area contributed by atoms with Crippen molar-refractivity contribution in [2.75, 3.05) is 0 Å². The fourth-order valence-corrected chi connectivity index (χ4v) is 2.88. The Kier molecular flexibility index (Phi) is 6.59. The highest BCUT2D eigenvalue weighted by molar-refractivity contribution is 9.10. The van der Waals surface area contributed by atoms with E-state index in [1.807, 2.05) is 26.0 Å². The Labute approximate surface area is 176 Å². The smallest absolute Gasteiger partial charge is 0.347 e. The van der Waals surface area contributed by atoms with E-state index in [1.165, 1.54) is 6.26 Å². The zero-order valence-electron chi connectivity index (χ0n) is 16.3. The lowest BCUT2D eigenvalue weighted by Crippen LogP contribution is -2.29. The average molecular weight is 461 g/mol. The number of hydrogen-bond acceptors (Lipinski definition) is 6. The van der Waals surface area contributed by atoms with Gasteiger partial charge in [-0.25, -0.2) is 4.79 Å². The Balaban J connectivity index is 1.80. The summed E-state index contributed by atoms with van der Waals surface area (Å²) >= 11 is 3.38. The van der Waals surface area contributed by atoms with Crippen molar-refractivity contribution in [3.8, 4) is 17.2 Å². The summed E-state index contributed by atoms with van der Waals surface area (Å²) in [6.45, 7) is 5.37. The van der Waals surface area contributed by atoms with E-state index < -0.39 is 12.1 Å². The number of hydrogen-bond donors (Lipinski definition) is 0. The minimum Gasteiger partial charge on any atom is -0.479 e. The summed E-state index contributed by atoms with van der Waals surface area (Å²) in [6.07, 6.45) is 1.02. The molecule has 0 spiro atoms. The van der Waals surface area contributed by atoms with E-state index in [4.69, 9.17) is 18.6 Å². The van der Waals surface area contributed by atoms with Gasteiger partial charge in [0, 0.05) is 6.07 Å². The van der Waals surface area contributed by atoms with Crippen LogP contribution in [0.1, 0.15) is 27.2 Å². The maximum Gasteiger partial charge on any atom is 0.347 e. The fraction of sp³-hybridized carbons (Fsp3) is 0.273. The van der Waals surface area contributed by atoms with Gasteiger partial charge in [0.2, 0.25) is 11.2 Å². The summed E-state index contributed by atoms with van der Waals surface area (Å²) < 4.78 is 22.9. The minimum absolute atomic E-state index is 0.0727. The molecule has 1 aromatic heterocycles. The first-order valence-electron chi connectivity index (χ1n) is 9.24. The molecule has 2 unspecified atom stereocenters. The van der Waals surface area contributed by atoms with Crippen molar-refractivity contribution in [3.05, 3.63) is 63.4 Å². The van der Waals surface area contributed by atoms with E-state index in [0.29, 0.717) is 22.5 Å². The largest absolute Gasteiger partial charge is 0.479 e. The number of carbonyl (C=O) groups is 1. The van der Waals surface area contributed by atoms with E-state index in [-0.39, 0.29) is 17.3 Å². The van der Waals surface area contributed by atoms with Crippen molar-refractivity contribution in [1.29, 1.82) is 0 Å². The van der Waals surface area contributed by atoms with Crippen LogP contribution in [0.15, 0.2) is 62.4 Å². The van der Waals surface area contributed by atoms with Crippen molar-refractivity contribution in [2.45, 2.75) is 39.4 Å². The molecule has 1 heterocycles. The molecule has 0 saturated carbocycles. The number of benzene rings is 2. The lowest BCUT2D eigenvalue weighted by atomic mass is 10.2. The van der Waals surface area contributed by atoms with E-state index in [1.54, 1.807) is 37.3 Å². The van der Waals surface area contributed by atoms with Crippen LogP contribution in [0.2, 0.25) is 0 Å². The van der Waals surface area contributed by atoms with Gasteiger partial charge in [0.15, 0.2) is 6.10 Å². The first-order chi connectivity index (χ1) is 13.9. The first kappa shape index (κ1) is 20.9. The zero-order chi connectivity index (χ0) is 21.0. The number of carbonyl (C=O) groups excluding carboxylic acids is 1. The maximum absolute atomic E-state index is 12.7. The lowest BCUT2D eigenvalue weighted by Gasteiger charge is -2.17. The van der Waals surface area contributed by atoms with Crippen LogP contribution in [0, 0.1) is 0 Å². The predicted octanol–water partition coefficient (Wildman–Crippen LogP) is 5.46. The van der Waals surface area contributed by atoms with Gasteiger partial charge in [0.05, 0.1) is 16.0 Å². The second-order valence-electron chi connectivity index (χ2n) is 6.54. The number of fused-ring (bicyclic) bond motifs is 1. The minimum atomic E-state index is -0.786. The highest BCUT2D eigenvalue weighted by Gasteiger charge is 2.19. The molecule has 0 bridgehead atoms. The number of ether oxygens (including phenoxy) is 3. The van der Waals surface area contributed by atoms with Crippen LogP contribution in [0.3, 0.4) is 0 Å². The van der Waals surface area contributed by atoms with Crippen LogP contribution in [-0.2, 0) is 9.53 Å². The molecule has 2 aromatic carbocycles. The van der Waals surface area contributed by atoms with Gasteiger partial charge in [-0.15, -0.1) is 0 Å². The number of para-hydroxylation sites is 1. The molecular formula is C22H21BrO6. The Bertz CT molecular complexity index is 1070. The van der Waals surface area contributed by atoms with Gasteiger partial charge in [0.25, 0.3) is 0 Å². The molecule has 0 amide bonds. The Hall–Kier alpha value is -2.80. The standard InChI is InChI=1S/C22H21BrO6/c1-4-13(2)27-22(25)14(3)28-15-9-10-16-19(11-15)26-12-20(21(16)24)29-18-8-6-5-7-17(18)23/h5-14H,4H2,1-3H3. The number of halogens is 1. The SMILES string of the molecule is CCC(C)OC(=O)C(C)Oc1ccc2c(=O)c(Oc3ccccc3Br)coc2c1. The monoisotopic (exact) mass is 460 g/mol. The zero-order valence-corrected chi connectivity index (χ0v) is 17.9. The molecule has 3 rings (SSSR count). The third-order valence-corrected chi connectivity index (χ3v) is 4.96. The Morgan fingerprint density at radius 1 is 1.14 bits per heavy atom. The van der Waals surface area contributed by atoms with Gasteiger partial charge in [-0.05, 0) is 60.5 Å². The average Bonchev–Trinajstić information content (AvgIpc) is 2.71. The van der Waals surface area contributed by atoms with Crippen LogP contribution < -0.4 is 14.9 Å². The van der Waals surface area contributed by atoms with Crippen molar-refractivity contribution in [1.82, 2.24) is 0 Å². The highest BCUT2D eigenvalue weighted by atomic mass is 79.9. The molecule has 0 N–H and O–H groups in total. The van der Waals surface area contributed by atoms with E-state index >= 15 is 0 Å². The van der Waals surface area contributed by atoms with Gasteiger partial charge in [-0.3, -0.25) is 4.79 Å². The van der Waals surface area contributed by atoms with Crippen molar-refractivity contribution in [3.63, 3.8) is 0 Å². The number of esters is 1. The van der Waals surface area contributed by atoms with E-state index in [2.05, 4.69) is 15.9 Å². The molecule has 152 valence electrons. The normalized spacial score (nSPS) is 13.0. The van der Waals surface area contributed by atoms with E-state index in [0.717, 1.165) is 10.9 Å². The molecule has 0 radical (unpaired) electrons. The first-order valence-corrected chi connectivity index (χ1v) is 10.0. The van der Waals surface area contributed by atoms with Crippen LogP contribution >= 0.6 is 15.9 Å². The molecule has 3 aromatic rings. The molecule has 0 fully saturated rings. The molecule has 0 aliphatic rings. The van der Waals surface area contributed by atoms with Crippen molar-refractivity contribution < 1.29 is 23.4 Å². The van der Waals surface area contributed by atoms with Gasteiger partial charge >= 0.3 is 5.97 Å². The summed E-state index contributed by atoms with van der Waals surface area (Å²) in [5.74, 6) is 0.531. The molecule has 29 heavy (non-hydrogen) atoms. The number of rotatable bonds is 7. The molecular weight excluding hydrogens is 440 g/mol. The van der Waals surface area contributed by atoms with E-state index in [9.17, 15) is 9.59 Å². The maximum atomic E-state index is 12.7. The van der Waals surface area contributed by atoms with Gasteiger partial charge in [-0.2, -0.15) is 0 Å². The van der Waals surface area contributed by atoms with Gasteiger partial charge in [-0.1, -0.05) is 19.1 Å². The quantitative estimate of drug-likeness (QED) is 0.436. The molecule has 2 atom stereocenters. The van der Waals surface area contributed by atoms with Gasteiger partial charge in [0.1, 0.15) is 23.3 Å². The third-order valence-electron chi connectivity index (χ3n) is 4.31. The fourth-order valence-electron chi connectivity index (χ4n) is 2.51. The Morgan fingerprint density at radius 3 is 2.62 bits per heavy atom. The summed E-state index contributed by atoms with van der Waals surface area (Å²) in [6, 6.07) is 12.0. The lowest BCUT2D eigenvalue weighted by molar-refractivity contribution is -0.155. The second kappa shape index (κ2) is 9.13. The van der Waals surface area contributed by atoms with Gasteiger partial charge < -0.3 is 18.6 Å². The molecule has 0 aliphatic heterocycles. The summed E-state index contributed by atoms with van der Waals surface area (Å²) in [5, 5.41) is 0.344. The second-order valence-corrected chi connectivity index (χ2v) is 7.39. The third kappa shape index (κ3) is 4.98. The molecule has 7 heteroatoms. The van der Waals surface area contributed by atoms with Crippen LogP contribution in [0.5, 0.6) is 17.2 Å². The Morgan fingerprint density at radius 2 is 1.90 bits per heavy atom. The van der Waals surface area contributed by atoms with Crippen molar-refractivity contribution >= 4 is 32.9 Å². The molecule has 6 nitrogen and oxygen atoms in total. The topological polar surface area (TPSA) is 75.0 Å². The van der Waals surface area contributed by atoms with Crippen molar-refractivity contribution in [2.24, 2.45) is 0 Å². The predicted molar refractivity (Wildman–Crippen MR) is 113 cm³/mol. The summed E-state index contributed by atoms with van der Waals surface area (Å²) in [7, 11) is 0. The molecule has 0 saturated heterocycles. The highest BCUT2D eigenvalue weighted by Crippen LogP contribution is 2.29. The summed E-state index contributed by atoms with van der Waals surface area (Å²) in [5.41, 5.74) is 0.0206. The molecule has 0 aliphatic carbocycles. The van der Waals surface area contributed by atoms with Crippen LogP contribution in [0.25, 0.3) is 11.0 Å². The summed E-state index contributed by atoms with van der Waals surface area (Å²) in [4.78, 5) is 24.8. The van der Waals surface area contributed by atoms with Crippen LogP contribution in [0.4, 0.5) is 0 Å². The van der Waals surface area contributed by atoms with Crippen LogP contribution in [-0.4, -0.2) is 18.2 Å².